The lowest BCUT2D eigenvalue weighted by molar-refractivity contribution is 0.128. The number of hydrogen-bond acceptors (Lipinski definition) is 2. The van der Waals surface area contributed by atoms with Gasteiger partial charge in [-0.05, 0) is 31.6 Å². The van der Waals surface area contributed by atoms with Crippen LogP contribution in [0.1, 0.15) is 39.5 Å². The Morgan fingerprint density at radius 2 is 1.92 bits per heavy atom. The number of halogens is 1. The van der Waals surface area contributed by atoms with Crippen LogP contribution in [0, 0.1) is 5.92 Å². The molecular weight excluding hydrogens is 190 g/mol. The van der Waals surface area contributed by atoms with Crippen LogP contribution in [-0.2, 0) is 9.09 Å². The van der Waals surface area contributed by atoms with Crippen molar-refractivity contribution in [2.24, 2.45) is 5.92 Å². The van der Waals surface area contributed by atoms with Gasteiger partial charge in [-0.25, -0.2) is 0 Å². The molecule has 1 atom stereocenters. The molecule has 1 aliphatic carbocycles. The lowest BCUT2D eigenvalue weighted by atomic mass is 9.89. The van der Waals surface area contributed by atoms with Crippen molar-refractivity contribution in [3.05, 3.63) is 0 Å². The summed E-state index contributed by atoms with van der Waals surface area (Å²) < 4.78 is 29.0. The molecule has 13 heavy (non-hydrogen) atoms. The third-order valence-corrected chi connectivity index (χ3v) is 4.02. The van der Waals surface area contributed by atoms with Crippen molar-refractivity contribution in [1.82, 2.24) is 0 Å². The molecule has 2 nitrogen and oxygen atoms in total. The molecule has 0 radical (unpaired) electrons. The van der Waals surface area contributed by atoms with Gasteiger partial charge in [-0.2, -0.15) is 4.20 Å². The normalized spacial score (nSPS) is 34.1. The maximum Gasteiger partial charge on any atom is 0.367 e. The fraction of sp³-hybridized carbons (Fsp3) is 1.00. The van der Waals surface area contributed by atoms with Crippen LogP contribution in [-0.4, -0.2) is 12.3 Å². The minimum absolute atomic E-state index is 0.000939. The van der Waals surface area contributed by atoms with Crippen molar-refractivity contribution in [3.63, 3.8) is 0 Å². The van der Waals surface area contributed by atoms with Crippen LogP contribution in [0.25, 0.3) is 0 Å². The van der Waals surface area contributed by atoms with Crippen LogP contribution in [0.4, 0.5) is 4.20 Å². The van der Waals surface area contributed by atoms with E-state index in [4.69, 9.17) is 4.52 Å². The standard InChI is InChI=1S/C9H18FO2P/c1-3-13(10,11)12-9-6-4-8(2)5-7-9/h8-9H,3-7H2,1-2H3. The first-order valence-corrected chi connectivity index (χ1v) is 6.70. The van der Waals surface area contributed by atoms with Crippen LogP contribution in [0.5, 0.6) is 0 Å². The van der Waals surface area contributed by atoms with E-state index in [1.807, 2.05) is 0 Å². The molecule has 1 fully saturated rings. The topological polar surface area (TPSA) is 26.3 Å². The molecule has 0 bridgehead atoms. The molecular formula is C9H18FO2P. The van der Waals surface area contributed by atoms with E-state index in [1.165, 1.54) is 0 Å². The van der Waals surface area contributed by atoms with Crippen molar-refractivity contribution in [1.29, 1.82) is 0 Å². The van der Waals surface area contributed by atoms with Gasteiger partial charge in [-0.1, -0.05) is 13.8 Å². The summed E-state index contributed by atoms with van der Waals surface area (Å²) in [5.41, 5.74) is 0. The fourth-order valence-corrected chi connectivity index (χ4v) is 2.44. The van der Waals surface area contributed by atoms with E-state index in [2.05, 4.69) is 6.92 Å². The first-order chi connectivity index (χ1) is 6.03. The lowest BCUT2D eigenvalue weighted by Crippen LogP contribution is -2.19. The molecule has 78 valence electrons. The van der Waals surface area contributed by atoms with Gasteiger partial charge in [0, 0.05) is 0 Å². The highest BCUT2D eigenvalue weighted by Crippen LogP contribution is 2.51. The molecule has 1 saturated carbocycles. The van der Waals surface area contributed by atoms with Crippen molar-refractivity contribution in [2.75, 3.05) is 6.16 Å². The first-order valence-electron chi connectivity index (χ1n) is 5.00. The molecule has 0 aromatic heterocycles. The quantitative estimate of drug-likeness (QED) is 0.660. The van der Waals surface area contributed by atoms with Gasteiger partial charge in [0.2, 0.25) is 0 Å². The van der Waals surface area contributed by atoms with Gasteiger partial charge in [0.1, 0.15) is 0 Å². The highest BCUT2D eigenvalue weighted by atomic mass is 31.2. The summed E-state index contributed by atoms with van der Waals surface area (Å²) >= 11 is 0. The van der Waals surface area contributed by atoms with Crippen molar-refractivity contribution in [2.45, 2.75) is 45.6 Å². The second-order valence-electron chi connectivity index (χ2n) is 3.89. The maximum absolute atomic E-state index is 13.0. The van der Waals surface area contributed by atoms with Gasteiger partial charge < -0.3 is 4.52 Å². The Labute approximate surface area is 79.4 Å². The zero-order valence-electron chi connectivity index (χ0n) is 8.33. The van der Waals surface area contributed by atoms with E-state index in [0.717, 1.165) is 25.7 Å². The Balaban J connectivity index is 2.34. The molecule has 0 saturated heterocycles. The average molecular weight is 208 g/mol. The fourth-order valence-electron chi connectivity index (χ4n) is 1.63. The van der Waals surface area contributed by atoms with E-state index in [9.17, 15) is 8.76 Å². The molecule has 1 aliphatic rings. The van der Waals surface area contributed by atoms with E-state index in [-0.39, 0.29) is 12.3 Å². The van der Waals surface area contributed by atoms with Crippen molar-refractivity contribution < 1.29 is 13.3 Å². The highest BCUT2D eigenvalue weighted by molar-refractivity contribution is 7.53. The van der Waals surface area contributed by atoms with E-state index in [1.54, 1.807) is 6.92 Å². The predicted molar refractivity (Wildman–Crippen MR) is 51.8 cm³/mol. The average Bonchev–Trinajstić information content (AvgIpc) is 2.09. The summed E-state index contributed by atoms with van der Waals surface area (Å²) in [4.78, 5) is 0. The van der Waals surface area contributed by atoms with Gasteiger partial charge in [0.15, 0.2) is 0 Å². The molecule has 0 heterocycles. The van der Waals surface area contributed by atoms with Crippen LogP contribution >= 0.6 is 7.68 Å². The molecule has 0 N–H and O–H groups in total. The zero-order valence-corrected chi connectivity index (χ0v) is 9.23. The summed E-state index contributed by atoms with van der Waals surface area (Å²) in [5, 5.41) is 0. The zero-order chi connectivity index (χ0) is 9.90. The largest absolute Gasteiger partial charge is 0.367 e. The summed E-state index contributed by atoms with van der Waals surface area (Å²) in [5.74, 6) is 0.709. The predicted octanol–water partition coefficient (Wildman–Crippen LogP) is 3.76. The van der Waals surface area contributed by atoms with E-state index in [0.29, 0.717) is 5.92 Å². The van der Waals surface area contributed by atoms with Gasteiger partial charge in [0.05, 0.1) is 12.3 Å². The SMILES string of the molecule is CCP(=O)(F)OC1CCC(C)CC1. The van der Waals surface area contributed by atoms with Crippen LogP contribution in [0.2, 0.25) is 0 Å². The van der Waals surface area contributed by atoms with Gasteiger partial charge in [-0.15, -0.1) is 0 Å². The van der Waals surface area contributed by atoms with E-state index < -0.39 is 7.68 Å². The Hall–Kier alpha value is 0.120. The number of hydrogen-bond donors (Lipinski definition) is 0. The molecule has 1 rings (SSSR count). The third-order valence-electron chi connectivity index (χ3n) is 2.65. The van der Waals surface area contributed by atoms with Crippen LogP contribution in [0.15, 0.2) is 0 Å². The summed E-state index contributed by atoms with van der Waals surface area (Å²) in [6, 6.07) is 0. The van der Waals surface area contributed by atoms with Gasteiger partial charge >= 0.3 is 7.68 Å². The van der Waals surface area contributed by atoms with Gasteiger partial charge in [0.25, 0.3) is 0 Å². The third kappa shape index (κ3) is 3.78. The molecule has 1 unspecified atom stereocenters. The Morgan fingerprint density at radius 1 is 1.38 bits per heavy atom. The summed E-state index contributed by atoms with van der Waals surface area (Å²) in [7, 11) is -3.76. The van der Waals surface area contributed by atoms with Crippen molar-refractivity contribution in [3.8, 4) is 0 Å². The maximum atomic E-state index is 13.0. The Kier molecular flexibility index (Phi) is 3.93. The van der Waals surface area contributed by atoms with E-state index >= 15 is 0 Å². The Morgan fingerprint density at radius 3 is 2.38 bits per heavy atom. The molecule has 0 aromatic rings. The Bertz CT molecular complexity index is 200. The lowest BCUT2D eigenvalue weighted by Gasteiger charge is -2.26. The molecule has 0 amide bonds. The molecule has 0 aromatic carbocycles. The summed E-state index contributed by atoms with van der Waals surface area (Å²) in [6.07, 6.45) is 3.73. The van der Waals surface area contributed by atoms with Crippen molar-refractivity contribution >= 4 is 7.68 Å². The second-order valence-corrected chi connectivity index (χ2v) is 5.92. The number of rotatable bonds is 3. The highest BCUT2D eigenvalue weighted by Gasteiger charge is 2.27. The second kappa shape index (κ2) is 4.56. The van der Waals surface area contributed by atoms with Gasteiger partial charge in [-0.3, -0.25) is 4.57 Å². The molecule has 0 aliphatic heterocycles. The monoisotopic (exact) mass is 208 g/mol. The van der Waals surface area contributed by atoms with Crippen LogP contribution in [0.3, 0.4) is 0 Å². The molecule has 4 heteroatoms. The minimum Gasteiger partial charge on any atom is -0.302 e. The smallest absolute Gasteiger partial charge is 0.302 e. The first kappa shape index (κ1) is 11.2. The minimum atomic E-state index is -3.76. The molecule has 0 spiro atoms. The van der Waals surface area contributed by atoms with Crippen LogP contribution < -0.4 is 0 Å². The summed E-state index contributed by atoms with van der Waals surface area (Å²) in [6.45, 7) is 3.75.